The predicted octanol–water partition coefficient (Wildman–Crippen LogP) is 3.23. The van der Waals surface area contributed by atoms with Crippen LogP contribution in [0.15, 0.2) is 51.9 Å². The van der Waals surface area contributed by atoms with Crippen LogP contribution in [-0.4, -0.2) is 35.6 Å². The molecule has 3 heterocycles. The van der Waals surface area contributed by atoms with Crippen molar-refractivity contribution in [2.24, 2.45) is 0 Å². The summed E-state index contributed by atoms with van der Waals surface area (Å²) in [5.41, 5.74) is 1.56. The summed E-state index contributed by atoms with van der Waals surface area (Å²) < 4.78 is 25.6. The molecule has 32 heavy (non-hydrogen) atoms. The second kappa shape index (κ2) is 9.58. The number of amides is 1. The molecule has 0 spiro atoms. The molecule has 0 bridgehead atoms. The van der Waals surface area contributed by atoms with Gasteiger partial charge < -0.3 is 19.0 Å². The molecular formula is C23H23ClFN3O4. The van der Waals surface area contributed by atoms with Crippen LogP contribution >= 0.6 is 11.6 Å². The topological polar surface area (TPSA) is 76.7 Å². The zero-order chi connectivity index (χ0) is 22.7. The lowest BCUT2D eigenvalue weighted by Crippen LogP contribution is -2.31. The van der Waals surface area contributed by atoms with E-state index >= 15 is 0 Å². The highest BCUT2D eigenvalue weighted by molar-refractivity contribution is 6.31. The maximum absolute atomic E-state index is 13.4. The Morgan fingerprint density at radius 3 is 2.81 bits per heavy atom. The average molecular weight is 460 g/mol. The van der Waals surface area contributed by atoms with Gasteiger partial charge in [0.25, 0.3) is 11.5 Å². The van der Waals surface area contributed by atoms with Crippen LogP contribution in [0, 0.1) is 5.82 Å². The SMILES string of the molecule is COc1cc(=O)n2c(c1C(=O)NCc1ccco1)CCN(Cc1ccc(F)cc1Cl)CC2. The van der Waals surface area contributed by atoms with Crippen molar-refractivity contribution < 1.29 is 18.3 Å². The van der Waals surface area contributed by atoms with Gasteiger partial charge in [-0.05, 0) is 29.8 Å². The number of furan rings is 1. The largest absolute Gasteiger partial charge is 0.496 e. The second-order valence-corrected chi connectivity index (χ2v) is 7.96. The molecule has 0 saturated carbocycles. The first-order valence-corrected chi connectivity index (χ1v) is 10.6. The van der Waals surface area contributed by atoms with Crippen molar-refractivity contribution in [3.05, 3.63) is 86.4 Å². The van der Waals surface area contributed by atoms with Crippen LogP contribution in [0.25, 0.3) is 0 Å². The fraction of sp³-hybridized carbons (Fsp3) is 0.304. The summed E-state index contributed by atoms with van der Waals surface area (Å²) in [6.07, 6.45) is 2.01. The Morgan fingerprint density at radius 1 is 1.25 bits per heavy atom. The normalized spacial score (nSPS) is 14.0. The number of hydrogen-bond acceptors (Lipinski definition) is 5. The van der Waals surface area contributed by atoms with Crippen LogP contribution in [0.3, 0.4) is 0 Å². The molecule has 1 amide bonds. The monoisotopic (exact) mass is 459 g/mol. The van der Waals surface area contributed by atoms with E-state index in [0.717, 1.165) is 5.56 Å². The molecule has 0 radical (unpaired) electrons. The minimum absolute atomic E-state index is 0.221. The number of hydrogen-bond donors (Lipinski definition) is 1. The summed E-state index contributed by atoms with van der Waals surface area (Å²) in [5.74, 6) is 0.148. The molecule has 9 heteroatoms. The first-order chi connectivity index (χ1) is 15.5. The van der Waals surface area contributed by atoms with E-state index in [1.54, 1.807) is 22.8 Å². The van der Waals surface area contributed by atoms with Gasteiger partial charge in [-0.15, -0.1) is 0 Å². The van der Waals surface area contributed by atoms with Crippen LogP contribution in [0.4, 0.5) is 4.39 Å². The van der Waals surface area contributed by atoms with Gasteiger partial charge in [-0.1, -0.05) is 17.7 Å². The van der Waals surface area contributed by atoms with Gasteiger partial charge in [-0.25, -0.2) is 4.39 Å². The highest BCUT2D eigenvalue weighted by Crippen LogP contribution is 2.24. The number of benzene rings is 1. The van der Waals surface area contributed by atoms with E-state index in [0.29, 0.717) is 54.6 Å². The minimum atomic E-state index is -0.383. The number of ether oxygens (including phenoxy) is 1. The van der Waals surface area contributed by atoms with Gasteiger partial charge in [0.05, 0.1) is 19.9 Å². The van der Waals surface area contributed by atoms with E-state index in [4.69, 9.17) is 20.8 Å². The van der Waals surface area contributed by atoms with Crippen molar-refractivity contribution in [3.63, 3.8) is 0 Å². The van der Waals surface area contributed by atoms with Gasteiger partial charge >= 0.3 is 0 Å². The Kier molecular flexibility index (Phi) is 6.62. The predicted molar refractivity (Wildman–Crippen MR) is 118 cm³/mol. The van der Waals surface area contributed by atoms with Crippen LogP contribution in [0.1, 0.15) is 27.4 Å². The Bertz CT molecular complexity index is 1180. The van der Waals surface area contributed by atoms with E-state index in [1.165, 1.54) is 31.6 Å². The summed E-state index contributed by atoms with van der Waals surface area (Å²) in [4.78, 5) is 27.9. The van der Waals surface area contributed by atoms with Crippen LogP contribution in [0.5, 0.6) is 5.75 Å². The molecule has 4 rings (SSSR count). The van der Waals surface area contributed by atoms with Crippen LogP contribution in [0.2, 0.25) is 5.02 Å². The zero-order valence-electron chi connectivity index (χ0n) is 17.6. The number of carbonyl (C=O) groups is 1. The van der Waals surface area contributed by atoms with Crippen molar-refractivity contribution >= 4 is 17.5 Å². The van der Waals surface area contributed by atoms with Crippen molar-refractivity contribution in [2.45, 2.75) is 26.1 Å². The summed E-state index contributed by atoms with van der Waals surface area (Å²) in [6, 6.07) is 9.20. The maximum atomic E-state index is 13.4. The first kappa shape index (κ1) is 22.1. The molecule has 1 aliphatic rings. The lowest BCUT2D eigenvalue weighted by atomic mass is 10.1. The van der Waals surface area contributed by atoms with E-state index < -0.39 is 0 Å². The van der Waals surface area contributed by atoms with Crippen molar-refractivity contribution in [1.82, 2.24) is 14.8 Å². The molecule has 0 aliphatic carbocycles. The minimum Gasteiger partial charge on any atom is -0.496 e. The number of fused-ring (bicyclic) bond motifs is 1. The Labute approximate surface area is 189 Å². The average Bonchev–Trinajstić information content (AvgIpc) is 3.21. The van der Waals surface area contributed by atoms with Gasteiger partial charge in [-0.3, -0.25) is 14.5 Å². The summed E-state index contributed by atoms with van der Waals surface area (Å²) >= 11 is 6.19. The Balaban J connectivity index is 1.58. The fourth-order valence-corrected chi connectivity index (χ4v) is 4.14. The molecule has 3 aromatic rings. The summed E-state index contributed by atoms with van der Waals surface area (Å²) in [6.45, 7) is 2.33. The molecule has 168 valence electrons. The Hall–Kier alpha value is -3.10. The van der Waals surface area contributed by atoms with Gasteiger partial charge in [0.1, 0.15) is 22.9 Å². The smallest absolute Gasteiger partial charge is 0.257 e. The highest BCUT2D eigenvalue weighted by atomic mass is 35.5. The molecule has 1 aliphatic heterocycles. The third kappa shape index (κ3) is 4.71. The molecule has 7 nitrogen and oxygen atoms in total. The first-order valence-electron chi connectivity index (χ1n) is 10.2. The quantitative estimate of drug-likeness (QED) is 0.612. The fourth-order valence-electron chi connectivity index (χ4n) is 3.92. The highest BCUT2D eigenvalue weighted by Gasteiger charge is 2.25. The number of halogens is 2. The lowest BCUT2D eigenvalue weighted by Gasteiger charge is -2.20. The molecular weight excluding hydrogens is 437 g/mol. The van der Waals surface area contributed by atoms with Crippen molar-refractivity contribution in [2.75, 3.05) is 20.2 Å². The van der Waals surface area contributed by atoms with Crippen LogP contribution in [-0.2, 0) is 26.1 Å². The Morgan fingerprint density at radius 2 is 2.09 bits per heavy atom. The molecule has 0 unspecified atom stereocenters. The van der Waals surface area contributed by atoms with E-state index in [9.17, 15) is 14.0 Å². The molecule has 0 saturated heterocycles. The standard InChI is InChI=1S/C23H23ClFN3O4/c1-31-20-12-21(29)28-9-8-27(14-15-4-5-16(25)11-18(15)24)7-6-19(28)22(20)23(30)26-13-17-3-2-10-32-17/h2-5,10-12H,6-9,13-14H2,1H3,(H,26,30). The zero-order valence-corrected chi connectivity index (χ0v) is 18.3. The van der Waals surface area contributed by atoms with Gasteiger partial charge in [0, 0.05) is 49.4 Å². The van der Waals surface area contributed by atoms with Gasteiger partial charge in [0.2, 0.25) is 0 Å². The maximum Gasteiger partial charge on any atom is 0.257 e. The molecule has 1 aromatic carbocycles. The van der Waals surface area contributed by atoms with Gasteiger partial charge in [0.15, 0.2) is 0 Å². The second-order valence-electron chi connectivity index (χ2n) is 7.55. The summed E-state index contributed by atoms with van der Waals surface area (Å²) in [5, 5.41) is 3.20. The molecule has 0 atom stereocenters. The number of methoxy groups -OCH3 is 1. The number of carbonyl (C=O) groups excluding carboxylic acids is 1. The number of nitrogens with zero attached hydrogens (tertiary/aromatic N) is 2. The van der Waals surface area contributed by atoms with Crippen molar-refractivity contribution in [1.29, 1.82) is 0 Å². The van der Waals surface area contributed by atoms with E-state index in [1.807, 2.05) is 0 Å². The van der Waals surface area contributed by atoms with E-state index in [2.05, 4.69) is 10.2 Å². The molecule has 1 N–H and O–H groups in total. The lowest BCUT2D eigenvalue weighted by molar-refractivity contribution is 0.0942. The molecule has 2 aromatic heterocycles. The third-order valence-corrected chi connectivity index (χ3v) is 5.90. The number of aromatic nitrogens is 1. The van der Waals surface area contributed by atoms with Gasteiger partial charge in [-0.2, -0.15) is 0 Å². The van der Waals surface area contributed by atoms with E-state index in [-0.39, 0.29) is 29.6 Å². The van der Waals surface area contributed by atoms with Crippen LogP contribution < -0.4 is 15.6 Å². The summed E-state index contributed by atoms with van der Waals surface area (Å²) in [7, 11) is 1.44. The number of pyridine rings is 1. The number of rotatable bonds is 6. The van der Waals surface area contributed by atoms with Crippen molar-refractivity contribution in [3.8, 4) is 5.75 Å². The number of nitrogens with one attached hydrogen (secondary N) is 1. The third-order valence-electron chi connectivity index (χ3n) is 5.55. The molecule has 0 fully saturated rings.